The molecule has 10 heteroatoms. The molecule has 0 aliphatic carbocycles. The Bertz CT molecular complexity index is 873. The van der Waals surface area contributed by atoms with Gasteiger partial charge >= 0.3 is 0 Å². The lowest BCUT2D eigenvalue weighted by molar-refractivity contribution is 0.102. The largest absolute Gasteiger partial charge is 0.307 e. The van der Waals surface area contributed by atoms with E-state index in [4.69, 9.17) is 23.2 Å². The summed E-state index contributed by atoms with van der Waals surface area (Å²) in [7, 11) is -3.05. The first-order chi connectivity index (χ1) is 10.7. The molecule has 1 fully saturated rings. The van der Waals surface area contributed by atoms with Gasteiger partial charge in [-0.25, -0.2) is 13.1 Å². The van der Waals surface area contributed by atoms with E-state index in [1.807, 2.05) is 0 Å². The van der Waals surface area contributed by atoms with Crippen molar-refractivity contribution in [3.05, 3.63) is 32.1 Å². The second-order valence-electron chi connectivity index (χ2n) is 5.36. The first-order valence-corrected chi connectivity index (χ1v) is 10.2. The molecule has 1 N–H and O–H groups in total. The maximum Gasteiger partial charge on any atom is 0.259 e. The Kier molecular flexibility index (Phi) is 4.43. The van der Waals surface area contributed by atoms with E-state index < -0.39 is 15.7 Å². The van der Waals surface area contributed by atoms with Crippen LogP contribution in [0.25, 0.3) is 0 Å². The Morgan fingerprint density at radius 3 is 2.74 bits per heavy atom. The number of nitrogens with zero attached hydrogens (tertiary/aromatic N) is 2. The number of aromatic nitrogens is 2. The summed E-state index contributed by atoms with van der Waals surface area (Å²) >= 11 is 13.0. The van der Waals surface area contributed by atoms with Crippen LogP contribution in [0, 0.1) is 6.92 Å². The number of hydrogen-bond acceptors (Lipinski definition) is 5. The molecule has 6 nitrogen and oxygen atoms in total. The highest BCUT2D eigenvalue weighted by atomic mass is 35.5. The average Bonchev–Trinajstić information content (AvgIpc) is 3.07. The Hall–Kier alpha value is -1.09. The first kappa shape index (κ1) is 16.8. The molecule has 0 saturated carbocycles. The molecule has 1 aliphatic heterocycles. The van der Waals surface area contributed by atoms with Gasteiger partial charge in [0, 0.05) is 6.07 Å². The number of amides is 1. The zero-order chi connectivity index (χ0) is 16.8. The SMILES string of the molecule is Cc1cc(NC(=O)c2cc(Cl)sc2Cl)n(C2CCS(=O)(=O)C2)n1. The highest BCUT2D eigenvalue weighted by Crippen LogP contribution is 2.32. The highest BCUT2D eigenvalue weighted by molar-refractivity contribution is 7.91. The molecule has 2 aromatic rings. The van der Waals surface area contributed by atoms with Crippen LogP contribution < -0.4 is 5.32 Å². The maximum atomic E-state index is 12.3. The minimum atomic E-state index is -3.05. The summed E-state index contributed by atoms with van der Waals surface area (Å²) in [6, 6.07) is 2.92. The van der Waals surface area contributed by atoms with Crippen LogP contribution in [0.5, 0.6) is 0 Å². The molecule has 0 spiro atoms. The second kappa shape index (κ2) is 6.08. The Balaban J connectivity index is 1.86. The number of anilines is 1. The molecule has 3 rings (SSSR count). The number of halogens is 2. The normalized spacial score (nSPS) is 19.9. The second-order valence-corrected chi connectivity index (χ2v) is 9.88. The monoisotopic (exact) mass is 393 g/mol. The van der Waals surface area contributed by atoms with Crippen LogP contribution in [0.3, 0.4) is 0 Å². The van der Waals surface area contributed by atoms with Crippen LogP contribution in [0.4, 0.5) is 5.82 Å². The number of nitrogens with one attached hydrogen (secondary N) is 1. The third-order valence-corrected chi connectivity index (χ3v) is 6.79. The average molecular weight is 394 g/mol. The van der Waals surface area contributed by atoms with Crippen molar-refractivity contribution in [2.75, 3.05) is 16.8 Å². The molecule has 3 heterocycles. The van der Waals surface area contributed by atoms with Gasteiger partial charge in [0.2, 0.25) is 0 Å². The van der Waals surface area contributed by atoms with Gasteiger partial charge in [-0.2, -0.15) is 5.10 Å². The van der Waals surface area contributed by atoms with Crippen molar-refractivity contribution in [2.45, 2.75) is 19.4 Å². The molecule has 1 unspecified atom stereocenters. The van der Waals surface area contributed by atoms with Gasteiger partial charge in [-0.3, -0.25) is 4.79 Å². The van der Waals surface area contributed by atoms with E-state index in [1.54, 1.807) is 17.7 Å². The Morgan fingerprint density at radius 1 is 1.43 bits per heavy atom. The van der Waals surface area contributed by atoms with E-state index in [9.17, 15) is 13.2 Å². The van der Waals surface area contributed by atoms with Crippen LogP contribution in [-0.4, -0.2) is 35.6 Å². The van der Waals surface area contributed by atoms with Gasteiger partial charge in [0.05, 0.1) is 33.1 Å². The predicted molar refractivity (Wildman–Crippen MR) is 91.6 cm³/mol. The summed E-state index contributed by atoms with van der Waals surface area (Å²) in [6.07, 6.45) is 0.483. The topological polar surface area (TPSA) is 81.1 Å². The highest BCUT2D eigenvalue weighted by Gasteiger charge is 2.31. The van der Waals surface area contributed by atoms with E-state index in [-0.39, 0.29) is 23.1 Å². The van der Waals surface area contributed by atoms with Crippen molar-refractivity contribution < 1.29 is 13.2 Å². The van der Waals surface area contributed by atoms with E-state index in [2.05, 4.69) is 10.4 Å². The van der Waals surface area contributed by atoms with E-state index in [1.165, 1.54) is 6.07 Å². The molecular weight excluding hydrogens is 381 g/mol. The first-order valence-electron chi connectivity index (χ1n) is 6.78. The quantitative estimate of drug-likeness (QED) is 0.867. The van der Waals surface area contributed by atoms with Crippen molar-refractivity contribution in [3.63, 3.8) is 0 Å². The predicted octanol–water partition coefficient (Wildman–Crippen LogP) is 3.17. The zero-order valence-electron chi connectivity index (χ0n) is 12.0. The van der Waals surface area contributed by atoms with Crippen molar-refractivity contribution in [1.29, 1.82) is 0 Å². The van der Waals surface area contributed by atoms with E-state index in [0.29, 0.717) is 26.6 Å². The maximum absolute atomic E-state index is 12.3. The Labute approximate surface area is 147 Å². The lowest BCUT2D eigenvalue weighted by Gasteiger charge is -2.13. The summed E-state index contributed by atoms with van der Waals surface area (Å²) < 4.78 is 25.6. The number of carbonyl (C=O) groups excluding carboxylic acids is 1. The fourth-order valence-corrected chi connectivity index (χ4v) is 5.69. The zero-order valence-corrected chi connectivity index (χ0v) is 15.2. The molecule has 0 aromatic carbocycles. The number of rotatable bonds is 3. The van der Waals surface area contributed by atoms with Gasteiger partial charge in [0.15, 0.2) is 9.84 Å². The lowest BCUT2D eigenvalue weighted by Crippen LogP contribution is -2.19. The molecule has 1 amide bonds. The number of thiophene rings is 1. The number of carbonyl (C=O) groups is 1. The van der Waals surface area contributed by atoms with Crippen molar-refractivity contribution >= 4 is 56.1 Å². The van der Waals surface area contributed by atoms with Gasteiger partial charge in [-0.05, 0) is 19.4 Å². The molecule has 23 heavy (non-hydrogen) atoms. The van der Waals surface area contributed by atoms with Gasteiger partial charge < -0.3 is 5.32 Å². The van der Waals surface area contributed by atoms with Crippen LogP contribution in [-0.2, 0) is 9.84 Å². The van der Waals surface area contributed by atoms with Crippen molar-refractivity contribution in [3.8, 4) is 0 Å². The van der Waals surface area contributed by atoms with Crippen LogP contribution in [0.1, 0.15) is 28.5 Å². The molecular formula is C13H13Cl2N3O3S2. The summed E-state index contributed by atoms with van der Waals surface area (Å²) in [6.45, 7) is 1.78. The fraction of sp³-hybridized carbons (Fsp3) is 0.385. The Morgan fingerprint density at radius 2 is 2.17 bits per heavy atom. The van der Waals surface area contributed by atoms with Crippen LogP contribution in [0.2, 0.25) is 8.67 Å². The fourth-order valence-electron chi connectivity index (χ4n) is 2.54. The van der Waals surface area contributed by atoms with Gasteiger partial charge in [-0.1, -0.05) is 23.2 Å². The summed E-state index contributed by atoms with van der Waals surface area (Å²) in [5.74, 6) is 0.214. The van der Waals surface area contributed by atoms with E-state index >= 15 is 0 Å². The number of sulfone groups is 1. The molecule has 1 aliphatic rings. The van der Waals surface area contributed by atoms with Gasteiger partial charge in [0.25, 0.3) is 5.91 Å². The lowest BCUT2D eigenvalue weighted by atomic mass is 10.2. The molecule has 2 aromatic heterocycles. The van der Waals surface area contributed by atoms with Crippen LogP contribution >= 0.6 is 34.5 Å². The summed E-state index contributed by atoms with van der Waals surface area (Å²) in [4.78, 5) is 12.3. The van der Waals surface area contributed by atoms with Gasteiger partial charge in [-0.15, -0.1) is 11.3 Å². The smallest absolute Gasteiger partial charge is 0.259 e. The molecule has 0 bridgehead atoms. The standard InChI is InChI=1S/C13H13Cl2N3O3S2/c1-7-4-11(16-13(19)9-5-10(14)22-12(9)15)18(17-7)8-2-3-23(20,21)6-8/h4-5,8H,2-3,6H2,1H3,(H,16,19). The van der Waals surface area contributed by atoms with Crippen molar-refractivity contribution in [1.82, 2.24) is 9.78 Å². The van der Waals surface area contributed by atoms with Gasteiger partial charge in [0.1, 0.15) is 10.2 Å². The van der Waals surface area contributed by atoms with Crippen LogP contribution in [0.15, 0.2) is 12.1 Å². The molecule has 124 valence electrons. The third kappa shape index (κ3) is 3.55. The molecule has 1 saturated heterocycles. The molecule has 1 atom stereocenters. The minimum absolute atomic E-state index is 0.0298. The van der Waals surface area contributed by atoms with Crippen molar-refractivity contribution in [2.24, 2.45) is 0 Å². The molecule has 0 radical (unpaired) electrons. The minimum Gasteiger partial charge on any atom is -0.307 e. The van der Waals surface area contributed by atoms with E-state index in [0.717, 1.165) is 11.3 Å². The third-order valence-electron chi connectivity index (χ3n) is 3.56. The summed E-state index contributed by atoms with van der Waals surface area (Å²) in [5, 5.41) is 7.05. The summed E-state index contributed by atoms with van der Waals surface area (Å²) in [5.41, 5.74) is 0.977. The number of aryl methyl sites for hydroxylation is 1. The number of hydrogen-bond donors (Lipinski definition) is 1.